The van der Waals surface area contributed by atoms with Crippen LogP contribution in [0.3, 0.4) is 0 Å². The molecule has 0 saturated heterocycles. The van der Waals surface area contributed by atoms with E-state index < -0.39 is 21.3 Å². The van der Waals surface area contributed by atoms with Crippen LogP contribution in [0.4, 0.5) is 0 Å². The summed E-state index contributed by atoms with van der Waals surface area (Å²) in [7, 11) is -1.64. The molecule has 2 aromatic heterocycles. The number of H-pyrrole nitrogens is 1. The van der Waals surface area contributed by atoms with Crippen LogP contribution in [0, 0.1) is 0 Å². The predicted molar refractivity (Wildman–Crippen MR) is 142 cm³/mol. The SMILES string of the molecule is COC/C(=C(/N)C=O)N1CCc2ccc(CNC(=O)c3nc4sc5c(c4c(=O)[nH]3)CCS(=O)(=O)C5)cc2C1. The van der Waals surface area contributed by atoms with Gasteiger partial charge in [-0.25, -0.2) is 13.4 Å². The molecule has 3 aromatic rings. The first-order valence-electron chi connectivity index (χ1n) is 12.0. The maximum atomic E-state index is 12.9. The number of allylic oxidation sites excluding steroid dienone is 1. The van der Waals surface area contributed by atoms with Gasteiger partial charge in [-0.3, -0.25) is 14.4 Å². The lowest BCUT2D eigenvalue weighted by Gasteiger charge is -2.33. The molecule has 5 rings (SSSR count). The van der Waals surface area contributed by atoms with Gasteiger partial charge in [0.2, 0.25) is 5.82 Å². The van der Waals surface area contributed by atoms with Crippen LogP contribution in [0.25, 0.3) is 10.2 Å². The summed E-state index contributed by atoms with van der Waals surface area (Å²) in [4.78, 5) is 46.8. The fourth-order valence-corrected chi connectivity index (χ4v) is 7.93. The molecule has 0 bridgehead atoms. The number of benzene rings is 1. The molecule has 0 radical (unpaired) electrons. The summed E-state index contributed by atoms with van der Waals surface area (Å²) in [5.74, 6) is -0.761. The van der Waals surface area contributed by atoms with E-state index >= 15 is 0 Å². The van der Waals surface area contributed by atoms with Crippen molar-refractivity contribution in [2.45, 2.75) is 31.7 Å². The fourth-order valence-electron chi connectivity index (χ4n) is 4.91. The summed E-state index contributed by atoms with van der Waals surface area (Å²) >= 11 is 1.15. The van der Waals surface area contributed by atoms with Crippen LogP contribution in [-0.2, 0) is 51.1 Å². The second kappa shape index (κ2) is 10.3. The number of nitrogens with zero attached hydrogens (tertiary/aromatic N) is 2. The standard InChI is InChI=1S/C25H27N5O6S2/c1-36-12-19(18(26)11-31)30-6-4-15-3-2-14(8-16(15)10-30)9-27-24(33)22-28-23(32)21-17-5-7-38(34,35)13-20(17)37-25(21)29-22/h2-3,8,11H,4-7,9-10,12-13,26H2,1H3,(H,27,33)(H,28,29,32)/b19-18-. The molecule has 4 heterocycles. The maximum absolute atomic E-state index is 12.9. The van der Waals surface area contributed by atoms with E-state index in [1.54, 1.807) is 7.11 Å². The minimum Gasteiger partial charge on any atom is -0.395 e. The number of ether oxygens (including phenoxy) is 1. The molecule has 2 aliphatic heterocycles. The van der Waals surface area contributed by atoms with Crippen LogP contribution >= 0.6 is 11.3 Å². The Morgan fingerprint density at radius 2 is 2.13 bits per heavy atom. The van der Waals surface area contributed by atoms with E-state index in [9.17, 15) is 22.8 Å². The Kier molecular flexibility index (Phi) is 7.07. The number of sulfone groups is 1. The molecular weight excluding hydrogens is 530 g/mol. The van der Waals surface area contributed by atoms with Gasteiger partial charge < -0.3 is 25.7 Å². The molecule has 4 N–H and O–H groups in total. The molecule has 2 aliphatic rings. The molecule has 0 aliphatic carbocycles. The average molecular weight is 558 g/mol. The van der Waals surface area contributed by atoms with Gasteiger partial charge in [0.1, 0.15) is 4.83 Å². The number of carbonyl (C=O) groups is 2. The van der Waals surface area contributed by atoms with Crippen LogP contribution in [0.1, 0.15) is 37.7 Å². The van der Waals surface area contributed by atoms with E-state index in [2.05, 4.69) is 15.3 Å². The molecule has 0 unspecified atom stereocenters. The number of amides is 1. The molecule has 11 nitrogen and oxygen atoms in total. The molecular formula is C25H27N5O6S2. The van der Waals surface area contributed by atoms with Crippen molar-refractivity contribution in [1.29, 1.82) is 0 Å². The molecule has 200 valence electrons. The number of rotatable bonds is 7. The quantitative estimate of drug-likeness (QED) is 0.281. The summed E-state index contributed by atoms with van der Waals surface area (Å²) in [5, 5.41) is 3.17. The minimum atomic E-state index is -3.19. The third kappa shape index (κ3) is 5.08. The number of aromatic amines is 1. The Hall–Kier alpha value is -3.55. The maximum Gasteiger partial charge on any atom is 0.287 e. The molecule has 0 spiro atoms. The molecule has 38 heavy (non-hydrogen) atoms. The molecule has 1 amide bonds. The first-order valence-corrected chi connectivity index (χ1v) is 14.6. The zero-order valence-corrected chi connectivity index (χ0v) is 22.3. The highest BCUT2D eigenvalue weighted by molar-refractivity contribution is 7.90. The smallest absolute Gasteiger partial charge is 0.287 e. The van der Waals surface area contributed by atoms with Crippen molar-refractivity contribution in [3.63, 3.8) is 0 Å². The number of hydrogen-bond acceptors (Lipinski definition) is 10. The number of aldehydes is 1. The van der Waals surface area contributed by atoms with E-state index in [1.807, 2.05) is 23.1 Å². The van der Waals surface area contributed by atoms with Crippen LogP contribution in [-0.4, -0.2) is 61.5 Å². The van der Waals surface area contributed by atoms with Gasteiger partial charge in [0.25, 0.3) is 11.5 Å². The van der Waals surface area contributed by atoms with Crippen molar-refractivity contribution >= 4 is 43.6 Å². The lowest BCUT2D eigenvalue weighted by molar-refractivity contribution is -0.105. The third-order valence-electron chi connectivity index (χ3n) is 6.83. The van der Waals surface area contributed by atoms with Crippen molar-refractivity contribution in [2.75, 3.05) is 26.0 Å². The number of hydrogen-bond donors (Lipinski definition) is 3. The van der Waals surface area contributed by atoms with Crippen molar-refractivity contribution in [3.8, 4) is 0 Å². The van der Waals surface area contributed by atoms with Crippen LogP contribution in [0.2, 0.25) is 0 Å². The van der Waals surface area contributed by atoms with Gasteiger partial charge in [0.05, 0.1) is 34.9 Å². The molecule has 0 saturated carbocycles. The highest BCUT2D eigenvalue weighted by Gasteiger charge is 2.28. The average Bonchev–Trinajstić information content (AvgIpc) is 3.26. The Morgan fingerprint density at radius 3 is 2.89 bits per heavy atom. The highest BCUT2D eigenvalue weighted by atomic mass is 32.2. The minimum absolute atomic E-state index is 0.000498. The van der Waals surface area contributed by atoms with Gasteiger partial charge in [-0.15, -0.1) is 11.3 Å². The first-order chi connectivity index (χ1) is 18.2. The predicted octanol–water partition coefficient (Wildman–Crippen LogP) is 0.759. The zero-order valence-electron chi connectivity index (χ0n) is 20.7. The van der Waals surface area contributed by atoms with Crippen LogP contribution in [0.15, 0.2) is 34.4 Å². The van der Waals surface area contributed by atoms with E-state index in [1.165, 1.54) is 5.56 Å². The summed E-state index contributed by atoms with van der Waals surface area (Å²) in [5.41, 5.74) is 10.0. The normalized spacial score (nSPS) is 16.9. The van der Waals surface area contributed by atoms with E-state index in [4.69, 9.17) is 10.5 Å². The number of carbonyl (C=O) groups excluding carboxylic acids is 2. The highest BCUT2D eigenvalue weighted by Crippen LogP contribution is 2.33. The molecule has 0 fully saturated rings. The third-order valence-corrected chi connectivity index (χ3v) is 9.70. The van der Waals surface area contributed by atoms with Crippen molar-refractivity contribution in [2.24, 2.45) is 5.73 Å². The lowest BCUT2D eigenvalue weighted by Crippen LogP contribution is -2.34. The molecule has 13 heteroatoms. The van der Waals surface area contributed by atoms with E-state index in [-0.39, 0.29) is 42.6 Å². The van der Waals surface area contributed by atoms with Crippen molar-refractivity contribution < 1.29 is 22.7 Å². The second-order valence-corrected chi connectivity index (χ2v) is 12.6. The summed E-state index contributed by atoms with van der Waals surface area (Å²) in [6.45, 7) is 1.70. The number of nitrogens with two attached hydrogens (primary N) is 1. The Balaban J connectivity index is 1.32. The fraction of sp³-hybridized carbons (Fsp3) is 0.360. The number of fused-ring (bicyclic) bond motifs is 4. The van der Waals surface area contributed by atoms with E-state index in [0.29, 0.717) is 45.7 Å². The number of methoxy groups -OCH3 is 1. The second-order valence-electron chi connectivity index (χ2n) is 9.35. The topological polar surface area (TPSA) is 165 Å². The number of aryl methyl sites for hydroxylation is 1. The lowest BCUT2D eigenvalue weighted by atomic mass is 9.96. The van der Waals surface area contributed by atoms with Gasteiger partial charge in [0.15, 0.2) is 16.1 Å². The van der Waals surface area contributed by atoms with Crippen LogP contribution < -0.4 is 16.6 Å². The summed E-state index contributed by atoms with van der Waals surface area (Å²) in [6.07, 6.45) is 1.67. The van der Waals surface area contributed by atoms with Gasteiger partial charge in [0, 0.05) is 31.6 Å². The first kappa shape index (κ1) is 26.1. The van der Waals surface area contributed by atoms with Gasteiger partial charge in [-0.1, -0.05) is 18.2 Å². The van der Waals surface area contributed by atoms with Crippen molar-refractivity contribution in [3.05, 3.63) is 72.9 Å². The van der Waals surface area contributed by atoms with Crippen molar-refractivity contribution in [1.82, 2.24) is 20.2 Å². The van der Waals surface area contributed by atoms with Gasteiger partial charge in [-0.05, 0) is 35.1 Å². The molecule has 0 atom stereocenters. The molecule has 1 aromatic carbocycles. The number of nitrogens with one attached hydrogen (secondary N) is 2. The largest absolute Gasteiger partial charge is 0.395 e. The Labute approximate surface area is 222 Å². The Morgan fingerprint density at radius 1 is 1.32 bits per heavy atom. The monoisotopic (exact) mass is 557 g/mol. The zero-order chi connectivity index (χ0) is 27.0. The summed E-state index contributed by atoms with van der Waals surface area (Å²) in [6, 6.07) is 5.96. The Bertz CT molecular complexity index is 1640. The van der Waals surface area contributed by atoms with Gasteiger partial charge in [-0.2, -0.15) is 0 Å². The van der Waals surface area contributed by atoms with Gasteiger partial charge >= 0.3 is 0 Å². The summed E-state index contributed by atoms with van der Waals surface area (Å²) < 4.78 is 29.2. The number of thiophene rings is 1. The van der Waals surface area contributed by atoms with Crippen LogP contribution in [0.5, 0.6) is 0 Å². The van der Waals surface area contributed by atoms with E-state index in [0.717, 1.165) is 28.9 Å². The number of aromatic nitrogens is 2.